The van der Waals surface area contributed by atoms with Crippen molar-refractivity contribution in [3.8, 4) is 0 Å². The fraction of sp³-hybridized carbons (Fsp3) is 0.889. The van der Waals surface area contributed by atoms with Crippen LogP contribution in [0, 0.1) is 17.8 Å². The van der Waals surface area contributed by atoms with Crippen LogP contribution in [0.1, 0.15) is 27.2 Å². The molecule has 0 aliphatic rings. The second-order valence-electron chi connectivity index (χ2n) is 3.87. The maximum Gasteiger partial charge on any atom is 0.303 e. The molecular formula is C9H17N3O2. The van der Waals surface area contributed by atoms with E-state index in [0.29, 0.717) is 5.92 Å². The molecule has 0 aliphatic carbocycles. The summed E-state index contributed by atoms with van der Waals surface area (Å²) in [4.78, 5) is 13.2. The zero-order chi connectivity index (χ0) is 11.1. The van der Waals surface area contributed by atoms with Gasteiger partial charge in [-0.3, -0.25) is 4.79 Å². The predicted molar refractivity (Wildman–Crippen MR) is 53.8 cm³/mol. The minimum atomic E-state index is -0.837. The van der Waals surface area contributed by atoms with E-state index in [2.05, 4.69) is 10.0 Å². The van der Waals surface area contributed by atoms with Crippen molar-refractivity contribution in [3.05, 3.63) is 10.4 Å². The van der Waals surface area contributed by atoms with Crippen LogP contribution in [-0.2, 0) is 4.79 Å². The Morgan fingerprint density at radius 1 is 1.50 bits per heavy atom. The van der Waals surface area contributed by atoms with E-state index in [1.54, 1.807) is 0 Å². The molecule has 0 aromatic carbocycles. The summed E-state index contributed by atoms with van der Waals surface area (Å²) in [6, 6.07) is 0. The number of hydrogen-bond donors (Lipinski definition) is 1. The number of carboxylic acid groups (broad SMARTS) is 1. The quantitative estimate of drug-likeness (QED) is 0.405. The molecule has 0 unspecified atom stereocenters. The molecule has 0 bridgehead atoms. The van der Waals surface area contributed by atoms with Crippen molar-refractivity contribution >= 4 is 5.97 Å². The average molecular weight is 199 g/mol. The molecule has 0 aromatic heterocycles. The van der Waals surface area contributed by atoms with Crippen LogP contribution in [0.4, 0.5) is 0 Å². The Hall–Kier alpha value is -1.22. The van der Waals surface area contributed by atoms with Gasteiger partial charge in [0, 0.05) is 17.9 Å². The van der Waals surface area contributed by atoms with Crippen molar-refractivity contribution < 1.29 is 9.90 Å². The third-order valence-corrected chi connectivity index (χ3v) is 2.61. The van der Waals surface area contributed by atoms with Gasteiger partial charge in [0.25, 0.3) is 0 Å². The van der Waals surface area contributed by atoms with Crippen molar-refractivity contribution in [1.29, 1.82) is 0 Å². The van der Waals surface area contributed by atoms with Crippen LogP contribution >= 0.6 is 0 Å². The zero-order valence-corrected chi connectivity index (χ0v) is 8.84. The number of hydrogen-bond acceptors (Lipinski definition) is 2. The monoisotopic (exact) mass is 199 g/mol. The number of carboxylic acids is 1. The van der Waals surface area contributed by atoms with Gasteiger partial charge in [-0.15, -0.1) is 0 Å². The molecule has 0 aromatic rings. The minimum Gasteiger partial charge on any atom is -0.481 e. The van der Waals surface area contributed by atoms with Gasteiger partial charge in [-0.1, -0.05) is 25.9 Å². The van der Waals surface area contributed by atoms with Crippen LogP contribution < -0.4 is 0 Å². The highest BCUT2D eigenvalue weighted by atomic mass is 16.4. The smallest absolute Gasteiger partial charge is 0.303 e. The molecule has 5 heteroatoms. The van der Waals surface area contributed by atoms with Gasteiger partial charge in [0.1, 0.15) is 0 Å². The number of rotatable bonds is 6. The Kier molecular flexibility index (Phi) is 5.72. The van der Waals surface area contributed by atoms with Gasteiger partial charge >= 0.3 is 5.97 Å². The molecule has 0 rings (SSSR count). The molecule has 2 atom stereocenters. The highest BCUT2D eigenvalue weighted by Gasteiger charge is 2.21. The lowest BCUT2D eigenvalue weighted by molar-refractivity contribution is -0.138. The molecule has 0 saturated carbocycles. The lowest BCUT2D eigenvalue weighted by Crippen LogP contribution is -2.22. The van der Waals surface area contributed by atoms with E-state index in [0.717, 1.165) is 0 Å². The second-order valence-corrected chi connectivity index (χ2v) is 3.87. The molecule has 0 aliphatic heterocycles. The average Bonchev–Trinajstić information content (AvgIpc) is 2.10. The minimum absolute atomic E-state index is 0.0663. The van der Waals surface area contributed by atoms with Gasteiger partial charge in [-0.2, -0.15) is 0 Å². The van der Waals surface area contributed by atoms with Crippen molar-refractivity contribution in [3.63, 3.8) is 0 Å². The summed E-state index contributed by atoms with van der Waals surface area (Å²) in [5.74, 6) is -0.260. The van der Waals surface area contributed by atoms with Crippen molar-refractivity contribution in [2.75, 3.05) is 6.54 Å². The normalized spacial score (nSPS) is 14.6. The van der Waals surface area contributed by atoms with Crippen LogP contribution in [0.25, 0.3) is 10.4 Å². The van der Waals surface area contributed by atoms with E-state index in [-0.39, 0.29) is 24.8 Å². The first-order chi connectivity index (χ1) is 6.49. The van der Waals surface area contributed by atoms with Crippen molar-refractivity contribution in [2.45, 2.75) is 27.2 Å². The van der Waals surface area contributed by atoms with Gasteiger partial charge in [0.05, 0.1) is 0 Å². The van der Waals surface area contributed by atoms with Crippen LogP contribution in [0.2, 0.25) is 0 Å². The van der Waals surface area contributed by atoms with Crippen molar-refractivity contribution in [1.82, 2.24) is 0 Å². The second kappa shape index (κ2) is 6.27. The summed E-state index contributed by atoms with van der Waals surface area (Å²) in [7, 11) is 0. The highest BCUT2D eigenvalue weighted by Crippen LogP contribution is 2.23. The Bertz CT molecular complexity index is 230. The van der Waals surface area contributed by atoms with Gasteiger partial charge in [0.15, 0.2) is 0 Å². The van der Waals surface area contributed by atoms with Crippen LogP contribution in [0.15, 0.2) is 5.11 Å². The molecule has 0 radical (unpaired) electrons. The van der Waals surface area contributed by atoms with Crippen LogP contribution in [0.3, 0.4) is 0 Å². The maximum absolute atomic E-state index is 10.6. The highest BCUT2D eigenvalue weighted by molar-refractivity contribution is 5.67. The summed E-state index contributed by atoms with van der Waals surface area (Å²) in [6.07, 6.45) is 0.0678. The first-order valence-electron chi connectivity index (χ1n) is 4.71. The largest absolute Gasteiger partial charge is 0.481 e. The Morgan fingerprint density at radius 3 is 2.43 bits per heavy atom. The predicted octanol–water partition coefficient (Wildman–Crippen LogP) is 2.68. The fourth-order valence-corrected chi connectivity index (χ4v) is 1.33. The summed E-state index contributed by atoms with van der Waals surface area (Å²) < 4.78 is 0. The molecule has 14 heavy (non-hydrogen) atoms. The molecule has 1 N–H and O–H groups in total. The number of azide groups is 1. The molecule has 0 amide bonds. The summed E-state index contributed by atoms with van der Waals surface area (Å²) >= 11 is 0. The van der Waals surface area contributed by atoms with E-state index in [1.807, 2.05) is 20.8 Å². The zero-order valence-electron chi connectivity index (χ0n) is 8.84. The summed E-state index contributed by atoms with van der Waals surface area (Å²) in [6.45, 7) is 6.33. The lowest BCUT2D eigenvalue weighted by Gasteiger charge is -2.23. The number of carbonyl (C=O) groups is 1. The first-order valence-corrected chi connectivity index (χ1v) is 4.71. The Balaban J connectivity index is 4.36. The third kappa shape index (κ3) is 4.72. The molecule has 5 nitrogen and oxygen atoms in total. The maximum atomic E-state index is 10.6. The summed E-state index contributed by atoms with van der Waals surface area (Å²) in [5.41, 5.74) is 8.18. The molecule has 0 spiro atoms. The van der Waals surface area contributed by atoms with Crippen LogP contribution in [0.5, 0.6) is 0 Å². The van der Waals surface area contributed by atoms with Gasteiger partial charge in [-0.05, 0) is 23.3 Å². The SMILES string of the molecule is CC(C)[C@H](C)[C@H](CN=[N+]=[N-])CC(=O)O. The molecule has 80 valence electrons. The van der Waals surface area contributed by atoms with E-state index >= 15 is 0 Å². The lowest BCUT2D eigenvalue weighted by atomic mass is 9.83. The molecule has 0 saturated heterocycles. The van der Waals surface area contributed by atoms with Crippen molar-refractivity contribution in [2.24, 2.45) is 22.9 Å². The van der Waals surface area contributed by atoms with Gasteiger partial charge < -0.3 is 5.11 Å². The van der Waals surface area contributed by atoms with E-state index in [1.165, 1.54) is 0 Å². The Labute approximate surface area is 83.7 Å². The first kappa shape index (κ1) is 12.8. The number of aliphatic carboxylic acids is 1. The molecular weight excluding hydrogens is 182 g/mol. The summed E-state index contributed by atoms with van der Waals surface area (Å²) in [5, 5.41) is 12.1. The van der Waals surface area contributed by atoms with Gasteiger partial charge in [0.2, 0.25) is 0 Å². The molecule has 0 heterocycles. The van der Waals surface area contributed by atoms with Crippen LogP contribution in [-0.4, -0.2) is 17.6 Å². The van der Waals surface area contributed by atoms with Gasteiger partial charge in [-0.25, -0.2) is 0 Å². The third-order valence-electron chi connectivity index (χ3n) is 2.61. The standard InChI is InChI=1S/C9H17N3O2/c1-6(2)7(3)8(4-9(13)14)5-11-12-10/h6-8H,4-5H2,1-3H3,(H,13,14)/t7-,8-/m0/s1. The topological polar surface area (TPSA) is 86.1 Å². The van der Waals surface area contributed by atoms with E-state index in [9.17, 15) is 4.79 Å². The fourth-order valence-electron chi connectivity index (χ4n) is 1.33. The molecule has 0 fully saturated rings. The van der Waals surface area contributed by atoms with E-state index in [4.69, 9.17) is 10.6 Å². The number of nitrogens with zero attached hydrogens (tertiary/aromatic N) is 3. The Morgan fingerprint density at radius 2 is 2.07 bits per heavy atom. The van der Waals surface area contributed by atoms with E-state index < -0.39 is 5.97 Å².